The topological polar surface area (TPSA) is 52.8 Å². The predicted molar refractivity (Wildman–Crippen MR) is 181 cm³/mol. The highest BCUT2D eigenvalue weighted by Crippen LogP contribution is 2.41. The van der Waals surface area contributed by atoms with Crippen LogP contribution in [0.2, 0.25) is 10.0 Å². The Balaban J connectivity index is 1.29. The van der Waals surface area contributed by atoms with Gasteiger partial charge in [-0.1, -0.05) is 99.0 Å². The van der Waals surface area contributed by atoms with Crippen molar-refractivity contribution in [2.45, 2.75) is 25.5 Å². The van der Waals surface area contributed by atoms with E-state index >= 15 is 0 Å². The molecule has 0 saturated carbocycles. The molecule has 1 aromatic heterocycles. The molecule has 0 amide bonds. The molecular weight excluding hydrogens is 679 g/mol. The lowest BCUT2D eigenvalue weighted by Gasteiger charge is -2.30. The normalized spacial score (nSPS) is 15.7. The number of nitrogens with zero attached hydrogens (tertiary/aromatic N) is 2. The number of ether oxygens (including phenoxy) is 2. The molecule has 220 valence electrons. The zero-order valence-electron chi connectivity index (χ0n) is 23.5. The van der Waals surface area contributed by atoms with Gasteiger partial charge in [-0.3, -0.25) is 9.36 Å². The standard InChI is InChI=1S/C35H25BrCl2N2O3S/c1-42-30-16-20(6-15-29(30)43-19-23-9-13-25(37)18-28(23)38)17-31-34(41)40-33(22-7-11-24(36)12-8-22)27-14-10-21-4-2-3-5-26(21)32(27)39-35(40)44-31/h2-9,11-13,15-18,33H,10,14,19H2,1H3/b31-17-/t33-/m0/s1. The number of hydrogen-bond acceptors (Lipinski definition) is 5. The smallest absolute Gasteiger partial charge is 0.271 e. The summed E-state index contributed by atoms with van der Waals surface area (Å²) in [4.78, 5) is 19.9. The van der Waals surface area contributed by atoms with E-state index in [2.05, 4.69) is 52.3 Å². The third-order valence-electron chi connectivity index (χ3n) is 7.94. The fourth-order valence-electron chi connectivity index (χ4n) is 5.81. The van der Waals surface area contributed by atoms with E-state index < -0.39 is 0 Å². The van der Waals surface area contributed by atoms with E-state index in [0.29, 0.717) is 30.9 Å². The van der Waals surface area contributed by atoms with Crippen molar-refractivity contribution in [3.8, 4) is 11.5 Å². The Kier molecular flexibility index (Phi) is 7.97. The lowest BCUT2D eigenvalue weighted by atomic mass is 9.83. The van der Waals surface area contributed by atoms with Gasteiger partial charge < -0.3 is 9.47 Å². The van der Waals surface area contributed by atoms with Gasteiger partial charge in [-0.05, 0) is 77.6 Å². The van der Waals surface area contributed by atoms with Crippen LogP contribution in [0, 0.1) is 0 Å². The molecule has 0 spiro atoms. The molecule has 7 rings (SSSR count). The van der Waals surface area contributed by atoms with E-state index in [4.69, 9.17) is 37.7 Å². The molecular formula is C35H25BrCl2N2O3S. The van der Waals surface area contributed by atoms with Crippen LogP contribution in [0.5, 0.6) is 11.5 Å². The molecule has 5 nitrogen and oxygen atoms in total. The summed E-state index contributed by atoms with van der Waals surface area (Å²) < 4.78 is 15.1. The van der Waals surface area contributed by atoms with E-state index in [1.165, 1.54) is 22.5 Å². The first-order valence-electron chi connectivity index (χ1n) is 14.0. The predicted octanol–water partition coefficient (Wildman–Crippen LogP) is 7.98. The van der Waals surface area contributed by atoms with Gasteiger partial charge >= 0.3 is 0 Å². The molecule has 4 aromatic carbocycles. The van der Waals surface area contributed by atoms with Gasteiger partial charge in [0.25, 0.3) is 5.56 Å². The van der Waals surface area contributed by atoms with Crippen molar-refractivity contribution in [2.75, 3.05) is 7.11 Å². The van der Waals surface area contributed by atoms with Gasteiger partial charge in [0.05, 0.1) is 23.4 Å². The zero-order chi connectivity index (χ0) is 30.4. The van der Waals surface area contributed by atoms with Crippen molar-refractivity contribution in [3.05, 3.63) is 153 Å². The Morgan fingerprint density at radius 3 is 2.61 bits per heavy atom. The molecule has 1 aliphatic carbocycles. The molecule has 0 unspecified atom stereocenters. The molecule has 5 aromatic rings. The second-order valence-corrected chi connectivity index (χ2v) is 13.4. The summed E-state index contributed by atoms with van der Waals surface area (Å²) in [7, 11) is 1.59. The van der Waals surface area contributed by atoms with Crippen LogP contribution in [0.3, 0.4) is 0 Å². The van der Waals surface area contributed by atoms with Gasteiger partial charge in [0.15, 0.2) is 16.3 Å². The Morgan fingerprint density at radius 1 is 1.00 bits per heavy atom. The first-order valence-corrected chi connectivity index (χ1v) is 16.4. The van der Waals surface area contributed by atoms with Crippen LogP contribution < -0.4 is 24.4 Å². The number of fused-ring (bicyclic) bond motifs is 3. The molecule has 0 saturated heterocycles. The van der Waals surface area contributed by atoms with Crippen molar-refractivity contribution in [3.63, 3.8) is 0 Å². The highest BCUT2D eigenvalue weighted by atomic mass is 79.9. The molecule has 2 aliphatic rings. The largest absolute Gasteiger partial charge is 0.493 e. The molecule has 1 aliphatic heterocycles. The van der Waals surface area contributed by atoms with Crippen molar-refractivity contribution in [1.29, 1.82) is 0 Å². The Bertz CT molecular complexity index is 2140. The second kappa shape index (κ2) is 12.1. The van der Waals surface area contributed by atoms with Crippen LogP contribution in [-0.4, -0.2) is 11.7 Å². The highest BCUT2D eigenvalue weighted by molar-refractivity contribution is 9.10. The van der Waals surface area contributed by atoms with E-state index in [9.17, 15) is 4.79 Å². The van der Waals surface area contributed by atoms with E-state index in [0.717, 1.165) is 45.3 Å². The van der Waals surface area contributed by atoms with Crippen LogP contribution in [-0.2, 0) is 13.0 Å². The Labute approximate surface area is 276 Å². The quantitative estimate of drug-likeness (QED) is 0.180. The lowest BCUT2D eigenvalue weighted by Crippen LogP contribution is -2.38. The number of methoxy groups -OCH3 is 1. The summed E-state index contributed by atoms with van der Waals surface area (Å²) in [5, 5.41) is 1.11. The number of rotatable bonds is 6. The van der Waals surface area contributed by atoms with Crippen molar-refractivity contribution >= 4 is 62.2 Å². The number of thiazole rings is 1. The number of hydrogen-bond donors (Lipinski definition) is 0. The molecule has 44 heavy (non-hydrogen) atoms. The van der Waals surface area contributed by atoms with Crippen LogP contribution in [0.1, 0.15) is 40.3 Å². The van der Waals surface area contributed by atoms with Crippen molar-refractivity contribution in [2.24, 2.45) is 4.99 Å². The second-order valence-electron chi connectivity index (χ2n) is 10.6. The van der Waals surface area contributed by atoms with Gasteiger partial charge in [0.1, 0.15) is 6.61 Å². The average molecular weight is 704 g/mol. The van der Waals surface area contributed by atoms with Gasteiger partial charge in [-0.2, -0.15) is 0 Å². The molecule has 0 bridgehead atoms. The molecule has 2 heterocycles. The van der Waals surface area contributed by atoms with Gasteiger partial charge in [-0.15, -0.1) is 0 Å². The van der Waals surface area contributed by atoms with Gasteiger partial charge in [0, 0.05) is 25.6 Å². The fourth-order valence-corrected chi connectivity index (χ4v) is 7.53. The summed E-state index contributed by atoms with van der Waals surface area (Å²) in [6, 6.07) is 27.4. The van der Waals surface area contributed by atoms with Crippen molar-refractivity contribution in [1.82, 2.24) is 4.57 Å². The first kappa shape index (κ1) is 29.1. The third-order valence-corrected chi connectivity index (χ3v) is 10.0. The zero-order valence-corrected chi connectivity index (χ0v) is 27.4. The number of aryl methyl sites for hydroxylation is 1. The molecule has 0 fully saturated rings. The fraction of sp³-hybridized carbons (Fsp3) is 0.143. The van der Waals surface area contributed by atoms with E-state index in [1.807, 2.05) is 47.0 Å². The first-order chi connectivity index (χ1) is 21.4. The van der Waals surface area contributed by atoms with Crippen LogP contribution in [0.25, 0.3) is 11.8 Å². The minimum Gasteiger partial charge on any atom is -0.493 e. The summed E-state index contributed by atoms with van der Waals surface area (Å²) in [5.74, 6) is 1.12. The minimum absolute atomic E-state index is 0.0660. The number of halogens is 3. The maximum absolute atomic E-state index is 14.1. The SMILES string of the molecule is COc1cc(/C=c2\sc3n(c2=O)[C@@H](c2ccc(Br)cc2)C2=C(N=3)c3ccccc3CC2)ccc1OCc1ccc(Cl)cc1Cl. The van der Waals surface area contributed by atoms with Crippen LogP contribution in [0.15, 0.2) is 105 Å². The summed E-state index contributed by atoms with van der Waals surface area (Å²) in [6.45, 7) is 0.258. The monoisotopic (exact) mass is 702 g/mol. The molecule has 9 heteroatoms. The van der Waals surface area contributed by atoms with E-state index in [-0.39, 0.29) is 18.2 Å². The maximum atomic E-state index is 14.1. The molecule has 1 atom stereocenters. The van der Waals surface area contributed by atoms with Crippen molar-refractivity contribution < 1.29 is 9.47 Å². The summed E-state index contributed by atoms with van der Waals surface area (Å²) in [6.07, 6.45) is 3.65. The molecule has 0 N–H and O–H groups in total. The average Bonchev–Trinajstić information content (AvgIpc) is 3.34. The number of benzene rings is 4. The Hall–Kier alpha value is -3.62. The summed E-state index contributed by atoms with van der Waals surface area (Å²) in [5.41, 5.74) is 7.22. The Morgan fingerprint density at radius 2 is 1.82 bits per heavy atom. The highest BCUT2D eigenvalue weighted by Gasteiger charge is 2.32. The number of aromatic nitrogens is 1. The maximum Gasteiger partial charge on any atom is 0.271 e. The minimum atomic E-state index is -0.227. The number of allylic oxidation sites excluding steroid dienone is 1. The van der Waals surface area contributed by atoms with E-state index in [1.54, 1.807) is 19.2 Å². The van der Waals surface area contributed by atoms with Crippen LogP contribution >= 0.6 is 50.5 Å². The molecule has 0 radical (unpaired) electrons. The van der Waals surface area contributed by atoms with Gasteiger partial charge in [-0.25, -0.2) is 4.99 Å². The summed E-state index contributed by atoms with van der Waals surface area (Å²) >= 11 is 17.3. The van der Waals surface area contributed by atoms with Crippen LogP contribution in [0.4, 0.5) is 0 Å². The lowest BCUT2D eigenvalue weighted by molar-refractivity contribution is 0.284. The van der Waals surface area contributed by atoms with Gasteiger partial charge in [0.2, 0.25) is 0 Å². The third kappa shape index (κ3) is 5.43.